The van der Waals surface area contributed by atoms with Gasteiger partial charge in [0.25, 0.3) is 0 Å². The minimum atomic E-state index is -0.244. The largest absolute Gasteiger partial charge is 0.353 e. The van der Waals surface area contributed by atoms with Crippen molar-refractivity contribution in [3.8, 4) is 0 Å². The van der Waals surface area contributed by atoms with Gasteiger partial charge in [-0.05, 0) is 12.1 Å². The van der Waals surface area contributed by atoms with Gasteiger partial charge in [-0.1, -0.05) is 28.1 Å². The van der Waals surface area contributed by atoms with E-state index in [1.807, 2.05) is 0 Å². The van der Waals surface area contributed by atoms with E-state index in [0.29, 0.717) is 24.6 Å². The Morgan fingerprint density at radius 2 is 2.22 bits per heavy atom. The summed E-state index contributed by atoms with van der Waals surface area (Å²) in [5.74, 6) is 0.373. The average Bonchev–Trinajstić information content (AvgIpc) is 2.31. The van der Waals surface area contributed by atoms with E-state index in [0.717, 1.165) is 4.47 Å². The van der Waals surface area contributed by atoms with Crippen LogP contribution in [0.2, 0.25) is 0 Å². The van der Waals surface area contributed by atoms with Crippen molar-refractivity contribution in [1.29, 1.82) is 0 Å². The average molecular weight is 428 g/mol. The molecule has 0 aliphatic heterocycles. The Morgan fingerprint density at radius 1 is 1.50 bits per heavy atom. The molecule has 0 amide bonds. The van der Waals surface area contributed by atoms with Gasteiger partial charge in [-0.25, -0.2) is 4.39 Å². The zero-order chi connectivity index (χ0) is 12.7. The first-order chi connectivity index (χ1) is 8.17. The highest BCUT2D eigenvalue weighted by atomic mass is 127. The Bertz CT molecular complexity index is 424. The fourth-order valence-electron chi connectivity index (χ4n) is 1.23. The number of hydrogen-bond donors (Lipinski definition) is 2. The molecule has 1 aromatic carbocycles. The summed E-state index contributed by atoms with van der Waals surface area (Å²) >= 11 is 3.22. The van der Waals surface area contributed by atoms with Crippen molar-refractivity contribution in [3.05, 3.63) is 46.7 Å². The molecule has 18 heavy (non-hydrogen) atoms. The lowest BCUT2D eigenvalue weighted by atomic mass is 10.2. The number of benzene rings is 1. The molecule has 0 aliphatic rings. The molecular formula is C12H16BrFIN3. The zero-order valence-electron chi connectivity index (χ0n) is 10.0. The van der Waals surface area contributed by atoms with E-state index in [2.05, 4.69) is 38.1 Å². The van der Waals surface area contributed by atoms with Crippen LogP contribution in [-0.2, 0) is 6.54 Å². The van der Waals surface area contributed by atoms with Gasteiger partial charge in [0.1, 0.15) is 5.82 Å². The summed E-state index contributed by atoms with van der Waals surface area (Å²) in [4.78, 5) is 4.00. The Kier molecular flexibility index (Phi) is 8.99. The summed E-state index contributed by atoms with van der Waals surface area (Å²) < 4.78 is 14.2. The topological polar surface area (TPSA) is 36.4 Å². The van der Waals surface area contributed by atoms with Gasteiger partial charge in [0.15, 0.2) is 5.96 Å². The molecule has 0 aliphatic carbocycles. The lowest BCUT2D eigenvalue weighted by Gasteiger charge is -2.11. The van der Waals surface area contributed by atoms with E-state index in [-0.39, 0.29) is 29.8 Å². The van der Waals surface area contributed by atoms with Crippen LogP contribution < -0.4 is 10.6 Å². The van der Waals surface area contributed by atoms with Gasteiger partial charge in [-0.2, -0.15) is 0 Å². The van der Waals surface area contributed by atoms with Crippen molar-refractivity contribution in [3.63, 3.8) is 0 Å². The number of rotatable bonds is 4. The molecule has 0 unspecified atom stereocenters. The van der Waals surface area contributed by atoms with E-state index >= 15 is 0 Å². The van der Waals surface area contributed by atoms with Crippen LogP contribution >= 0.6 is 39.9 Å². The molecule has 0 saturated heterocycles. The third-order valence-electron chi connectivity index (χ3n) is 2.10. The molecule has 1 aromatic rings. The van der Waals surface area contributed by atoms with Crippen molar-refractivity contribution in [1.82, 2.24) is 10.6 Å². The third kappa shape index (κ3) is 5.81. The highest BCUT2D eigenvalue weighted by molar-refractivity contribution is 14.0. The second kappa shape index (κ2) is 9.32. The maximum atomic E-state index is 13.5. The maximum Gasteiger partial charge on any atom is 0.191 e. The van der Waals surface area contributed by atoms with Crippen LogP contribution in [0.4, 0.5) is 4.39 Å². The van der Waals surface area contributed by atoms with Gasteiger partial charge in [0, 0.05) is 30.2 Å². The number of guanidine groups is 1. The first-order valence-corrected chi connectivity index (χ1v) is 5.96. The monoisotopic (exact) mass is 427 g/mol. The molecule has 0 heterocycles. The van der Waals surface area contributed by atoms with Gasteiger partial charge in [-0.3, -0.25) is 4.99 Å². The number of halogens is 3. The molecule has 3 nitrogen and oxygen atoms in total. The first-order valence-electron chi connectivity index (χ1n) is 5.16. The molecule has 0 atom stereocenters. The van der Waals surface area contributed by atoms with Crippen molar-refractivity contribution in [2.24, 2.45) is 4.99 Å². The Morgan fingerprint density at radius 3 is 2.78 bits per heavy atom. The SMILES string of the molecule is C=CCNC(=NC)NCc1ccc(Br)cc1F.I. The van der Waals surface area contributed by atoms with Crippen LogP contribution in [0.5, 0.6) is 0 Å². The van der Waals surface area contributed by atoms with Gasteiger partial charge >= 0.3 is 0 Å². The van der Waals surface area contributed by atoms with Crippen LogP contribution in [0.3, 0.4) is 0 Å². The Hall–Kier alpha value is -0.630. The number of hydrogen-bond acceptors (Lipinski definition) is 1. The molecule has 0 spiro atoms. The summed E-state index contributed by atoms with van der Waals surface area (Å²) in [6.45, 7) is 4.60. The molecule has 0 bridgehead atoms. The number of nitrogens with zero attached hydrogens (tertiary/aromatic N) is 1. The van der Waals surface area contributed by atoms with Crippen molar-refractivity contribution in [2.75, 3.05) is 13.6 Å². The van der Waals surface area contributed by atoms with E-state index in [1.54, 1.807) is 25.3 Å². The molecule has 100 valence electrons. The summed E-state index contributed by atoms with van der Waals surface area (Å²) in [6.07, 6.45) is 1.73. The second-order valence-corrected chi connectivity index (χ2v) is 4.25. The van der Waals surface area contributed by atoms with E-state index < -0.39 is 0 Å². The first kappa shape index (κ1) is 17.4. The lowest BCUT2D eigenvalue weighted by Crippen LogP contribution is -2.36. The fraction of sp³-hybridized carbons (Fsp3) is 0.250. The summed E-state index contributed by atoms with van der Waals surface area (Å²) in [5, 5.41) is 6.03. The predicted molar refractivity (Wildman–Crippen MR) is 87.9 cm³/mol. The summed E-state index contributed by atoms with van der Waals surface area (Å²) in [6, 6.07) is 4.98. The number of aliphatic imine (C=N–C) groups is 1. The highest BCUT2D eigenvalue weighted by Gasteiger charge is 2.03. The Labute approximate surface area is 132 Å². The zero-order valence-corrected chi connectivity index (χ0v) is 14.0. The quantitative estimate of drug-likeness (QED) is 0.335. The van der Waals surface area contributed by atoms with Crippen LogP contribution in [0.15, 0.2) is 40.3 Å². The smallest absolute Gasteiger partial charge is 0.191 e. The van der Waals surface area contributed by atoms with Crippen LogP contribution in [0.1, 0.15) is 5.56 Å². The minimum absolute atomic E-state index is 0. The van der Waals surface area contributed by atoms with E-state index in [4.69, 9.17) is 0 Å². The molecule has 6 heteroatoms. The standard InChI is InChI=1S/C12H15BrFN3.HI/c1-3-6-16-12(15-2)17-8-9-4-5-10(13)7-11(9)14;/h3-5,7H,1,6,8H2,2H3,(H2,15,16,17);1H. The lowest BCUT2D eigenvalue weighted by molar-refractivity contribution is 0.604. The molecule has 1 rings (SSSR count). The molecule has 0 saturated carbocycles. The second-order valence-electron chi connectivity index (χ2n) is 3.33. The molecule has 0 radical (unpaired) electrons. The van der Waals surface area contributed by atoms with Gasteiger partial charge < -0.3 is 10.6 Å². The third-order valence-corrected chi connectivity index (χ3v) is 2.59. The van der Waals surface area contributed by atoms with Crippen LogP contribution in [0.25, 0.3) is 0 Å². The Balaban J connectivity index is 0.00000289. The molecule has 0 fully saturated rings. The van der Waals surface area contributed by atoms with Gasteiger partial charge in [0.05, 0.1) is 0 Å². The van der Waals surface area contributed by atoms with Gasteiger partial charge in [-0.15, -0.1) is 30.6 Å². The summed E-state index contributed by atoms with van der Waals surface area (Å²) in [7, 11) is 1.66. The molecule has 2 N–H and O–H groups in total. The predicted octanol–water partition coefficient (Wildman–Crippen LogP) is 3.06. The number of nitrogens with one attached hydrogen (secondary N) is 2. The molecule has 0 aromatic heterocycles. The van der Waals surface area contributed by atoms with E-state index in [1.165, 1.54) is 6.07 Å². The normalized spacial score (nSPS) is 10.5. The summed E-state index contributed by atoms with van der Waals surface area (Å²) in [5.41, 5.74) is 0.592. The minimum Gasteiger partial charge on any atom is -0.353 e. The van der Waals surface area contributed by atoms with E-state index in [9.17, 15) is 4.39 Å². The fourth-order valence-corrected chi connectivity index (χ4v) is 1.57. The highest BCUT2D eigenvalue weighted by Crippen LogP contribution is 2.14. The maximum absolute atomic E-state index is 13.5. The van der Waals surface area contributed by atoms with Gasteiger partial charge in [0.2, 0.25) is 0 Å². The van der Waals surface area contributed by atoms with Crippen molar-refractivity contribution < 1.29 is 4.39 Å². The van der Waals surface area contributed by atoms with Crippen molar-refractivity contribution >= 4 is 45.9 Å². The molecular weight excluding hydrogens is 412 g/mol. The van der Waals surface area contributed by atoms with Crippen LogP contribution in [-0.4, -0.2) is 19.6 Å². The van der Waals surface area contributed by atoms with Crippen molar-refractivity contribution in [2.45, 2.75) is 6.54 Å². The van der Waals surface area contributed by atoms with Crippen LogP contribution in [0, 0.1) is 5.82 Å².